The van der Waals surface area contributed by atoms with Crippen LogP contribution in [0.1, 0.15) is 18.5 Å². The molecular weight excluding hydrogens is 247 g/mol. The summed E-state index contributed by atoms with van der Waals surface area (Å²) in [6.45, 7) is 1.18. The first-order chi connectivity index (χ1) is 8.34. The van der Waals surface area contributed by atoms with E-state index in [2.05, 4.69) is 5.32 Å². The van der Waals surface area contributed by atoms with Crippen LogP contribution in [0.5, 0.6) is 5.75 Å². The lowest BCUT2D eigenvalue weighted by Gasteiger charge is -2.19. The van der Waals surface area contributed by atoms with Crippen molar-refractivity contribution < 1.29 is 23.0 Å². The van der Waals surface area contributed by atoms with Crippen molar-refractivity contribution in [2.24, 2.45) is 0 Å². The number of alkyl halides is 3. The van der Waals surface area contributed by atoms with Gasteiger partial charge in [-0.3, -0.25) is 0 Å². The van der Waals surface area contributed by atoms with Crippen LogP contribution in [0.15, 0.2) is 24.3 Å². The van der Waals surface area contributed by atoms with Crippen LogP contribution < -0.4 is 10.1 Å². The summed E-state index contributed by atoms with van der Waals surface area (Å²) in [6.07, 6.45) is -6.95. The number of halogens is 3. The number of benzene rings is 1. The van der Waals surface area contributed by atoms with Crippen LogP contribution in [-0.4, -0.2) is 31.0 Å². The molecule has 0 spiro atoms. The molecule has 0 aliphatic rings. The number of rotatable bonds is 5. The predicted octanol–water partition coefficient (Wildman–Crippen LogP) is 2.27. The second-order valence-corrected chi connectivity index (χ2v) is 3.96. The molecule has 0 aliphatic heterocycles. The summed E-state index contributed by atoms with van der Waals surface area (Å²) in [5.74, 6) is 0.637. The summed E-state index contributed by atoms with van der Waals surface area (Å²) in [6, 6.07) is 6.71. The first-order valence-corrected chi connectivity index (χ1v) is 5.46. The Morgan fingerprint density at radius 2 is 2.06 bits per heavy atom. The van der Waals surface area contributed by atoms with Gasteiger partial charge in [-0.05, 0) is 24.6 Å². The van der Waals surface area contributed by atoms with Crippen molar-refractivity contribution >= 4 is 0 Å². The standard InChI is InChI=1S/C12H16F3NO2/c1-8(16-7-11(17)12(13,14)15)9-4-3-5-10(6-9)18-2/h3-6,8,11,16-17H,7H2,1-2H3/t8-,11?/m0/s1. The van der Waals surface area contributed by atoms with Crippen LogP contribution in [-0.2, 0) is 0 Å². The summed E-state index contributed by atoms with van der Waals surface area (Å²) >= 11 is 0. The maximum Gasteiger partial charge on any atom is 0.415 e. The fourth-order valence-electron chi connectivity index (χ4n) is 1.43. The van der Waals surface area contributed by atoms with E-state index in [4.69, 9.17) is 9.84 Å². The summed E-state index contributed by atoms with van der Waals surface area (Å²) in [7, 11) is 1.52. The molecule has 0 radical (unpaired) electrons. The molecule has 1 aromatic carbocycles. The molecule has 0 amide bonds. The number of aliphatic hydroxyl groups excluding tert-OH is 1. The molecule has 0 aliphatic carbocycles. The van der Waals surface area contributed by atoms with Gasteiger partial charge in [-0.2, -0.15) is 13.2 Å². The molecule has 0 fully saturated rings. The topological polar surface area (TPSA) is 41.5 Å². The fourth-order valence-corrected chi connectivity index (χ4v) is 1.43. The van der Waals surface area contributed by atoms with Crippen LogP contribution in [0.4, 0.5) is 13.2 Å². The van der Waals surface area contributed by atoms with Crippen LogP contribution in [0.2, 0.25) is 0 Å². The zero-order chi connectivity index (χ0) is 13.8. The Balaban J connectivity index is 2.57. The minimum atomic E-state index is -4.60. The fraction of sp³-hybridized carbons (Fsp3) is 0.500. The highest BCUT2D eigenvalue weighted by Crippen LogP contribution is 2.21. The largest absolute Gasteiger partial charge is 0.497 e. The molecule has 0 aromatic heterocycles. The SMILES string of the molecule is COc1cccc([C@H](C)NCC(O)C(F)(F)F)c1. The van der Waals surface area contributed by atoms with Gasteiger partial charge in [0.05, 0.1) is 7.11 Å². The predicted molar refractivity (Wildman–Crippen MR) is 61.5 cm³/mol. The van der Waals surface area contributed by atoms with Crippen LogP contribution in [0.25, 0.3) is 0 Å². The van der Waals surface area contributed by atoms with Gasteiger partial charge in [0.25, 0.3) is 0 Å². The van der Waals surface area contributed by atoms with Crippen molar-refractivity contribution in [1.29, 1.82) is 0 Å². The third-order valence-electron chi connectivity index (χ3n) is 2.59. The first-order valence-electron chi connectivity index (χ1n) is 5.46. The van der Waals surface area contributed by atoms with Gasteiger partial charge in [0.1, 0.15) is 5.75 Å². The summed E-state index contributed by atoms with van der Waals surface area (Å²) < 4.78 is 41.4. The minimum Gasteiger partial charge on any atom is -0.497 e. The van der Waals surface area contributed by atoms with E-state index in [-0.39, 0.29) is 6.04 Å². The second kappa shape index (κ2) is 6.06. The third kappa shape index (κ3) is 4.19. The van der Waals surface area contributed by atoms with Crippen LogP contribution >= 0.6 is 0 Å². The maximum atomic E-state index is 12.1. The molecule has 1 rings (SSSR count). The molecular formula is C12H16F3NO2. The van der Waals surface area contributed by atoms with Crippen LogP contribution in [0.3, 0.4) is 0 Å². The van der Waals surface area contributed by atoms with Crippen molar-refractivity contribution in [3.63, 3.8) is 0 Å². The molecule has 1 unspecified atom stereocenters. The minimum absolute atomic E-state index is 0.308. The Labute approximate surface area is 104 Å². The number of hydrogen-bond donors (Lipinski definition) is 2. The molecule has 0 saturated heterocycles. The second-order valence-electron chi connectivity index (χ2n) is 3.96. The Bertz CT molecular complexity index is 382. The van der Waals surface area contributed by atoms with E-state index in [9.17, 15) is 13.2 Å². The van der Waals surface area contributed by atoms with Gasteiger partial charge in [-0.1, -0.05) is 12.1 Å². The Hall–Kier alpha value is -1.27. The molecule has 1 aromatic rings. The highest BCUT2D eigenvalue weighted by atomic mass is 19.4. The first kappa shape index (κ1) is 14.8. The number of methoxy groups -OCH3 is 1. The lowest BCUT2D eigenvalue weighted by Crippen LogP contribution is -2.39. The normalized spacial score (nSPS) is 15.2. The van der Waals surface area contributed by atoms with E-state index < -0.39 is 18.8 Å². The van der Waals surface area contributed by atoms with Crippen molar-refractivity contribution in [3.8, 4) is 5.75 Å². The molecule has 18 heavy (non-hydrogen) atoms. The molecule has 6 heteroatoms. The number of nitrogens with one attached hydrogen (secondary N) is 1. The smallest absolute Gasteiger partial charge is 0.415 e. The molecule has 2 N–H and O–H groups in total. The van der Waals surface area contributed by atoms with Gasteiger partial charge in [0.2, 0.25) is 0 Å². The molecule has 3 nitrogen and oxygen atoms in total. The van der Waals surface area contributed by atoms with Gasteiger partial charge < -0.3 is 15.2 Å². The molecule has 2 atom stereocenters. The van der Waals surface area contributed by atoms with Gasteiger partial charge in [0.15, 0.2) is 6.10 Å². The maximum absolute atomic E-state index is 12.1. The third-order valence-corrected chi connectivity index (χ3v) is 2.59. The van der Waals surface area contributed by atoms with E-state index >= 15 is 0 Å². The Morgan fingerprint density at radius 1 is 1.39 bits per heavy atom. The number of ether oxygens (including phenoxy) is 1. The van der Waals surface area contributed by atoms with Gasteiger partial charge in [-0.25, -0.2) is 0 Å². The van der Waals surface area contributed by atoms with E-state index in [1.165, 1.54) is 7.11 Å². The molecule has 0 bridgehead atoms. The van der Waals surface area contributed by atoms with Crippen molar-refractivity contribution in [1.82, 2.24) is 5.32 Å². The Kier molecular flexibility index (Phi) is 4.98. The zero-order valence-corrected chi connectivity index (χ0v) is 10.2. The van der Waals surface area contributed by atoms with E-state index in [1.54, 1.807) is 31.2 Å². The number of hydrogen-bond acceptors (Lipinski definition) is 3. The highest BCUT2D eigenvalue weighted by molar-refractivity contribution is 5.30. The highest BCUT2D eigenvalue weighted by Gasteiger charge is 2.37. The number of aliphatic hydroxyl groups is 1. The average Bonchev–Trinajstić information content (AvgIpc) is 2.34. The van der Waals surface area contributed by atoms with Crippen LogP contribution in [0, 0.1) is 0 Å². The summed E-state index contributed by atoms with van der Waals surface area (Å²) in [4.78, 5) is 0. The summed E-state index contributed by atoms with van der Waals surface area (Å²) in [5, 5.41) is 11.5. The average molecular weight is 263 g/mol. The van der Waals surface area contributed by atoms with Gasteiger partial charge in [-0.15, -0.1) is 0 Å². The zero-order valence-electron chi connectivity index (χ0n) is 10.2. The molecule has 0 saturated carbocycles. The lowest BCUT2D eigenvalue weighted by atomic mass is 10.1. The van der Waals surface area contributed by atoms with Gasteiger partial charge in [0, 0.05) is 12.6 Å². The van der Waals surface area contributed by atoms with Crippen molar-refractivity contribution in [3.05, 3.63) is 29.8 Å². The quantitative estimate of drug-likeness (QED) is 0.856. The monoisotopic (exact) mass is 263 g/mol. The lowest BCUT2D eigenvalue weighted by molar-refractivity contribution is -0.202. The summed E-state index contributed by atoms with van der Waals surface area (Å²) in [5.41, 5.74) is 0.795. The van der Waals surface area contributed by atoms with E-state index in [1.807, 2.05) is 0 Å². The molecule has 102 valence electrons. The van der Waals surface area contributed by atoms with Gasteiger partial charge >= 0.3 is 6.18 Å². The Morgan fingerprint density at radius 3 is 2.61 bits per heavy atom. The van der Waals surface area contributed by atoms with E-state index in [0.29, 0.717) is 5.75 Å². The van der Waals surface area contributed by atoms with E-state index in [0.717, 1.165) is 5.56 Å². The van der Waals surface area contributed by atoms with Crippen molar-refractivity contribution in [2.75, 3.05) is 13.7 Å². The molecule has 0 heterocycles. The van der Waals surface area contributed by atoms with Crippen molar-refractivity contribution in [2.45, 2.75) is 25.2 Å².